The highest BCUT2D eigenvalue weighted by atomic mass is 35.5. The molecule has 0 bridgehead atoms. The number of aromatic amines is 1. The molecule has 0 unspecified atom stereocenters. The average Bonchev–Trinajstić information content (AvgIpc) is 3.16. The Morgan fingerprint density at radius 3 is 2.69 bits per heavy atom. The van der Waals surface area contributed by atoms with Gasteiger partial charge in [-0.2, -0.15) is 5.10 Å². The number of nitrogens with zero attached hydrogens (tertiary/aromatic N) is 2. The van der Waals surface area contributed by atoms with E-state index in [2.05, 4.69) is 36.3 Å². The molecule has 29 heavy (non-hydrogen) atoms. The van der Waals surface area contributed by atoms with Crippen molar-refractivity contribution in [1.29, 1.82) is 0 Å². The van der Waals surface area contributed by atoms with Gasteiger partial charge in [-0.25, -0.2) is 0 Å². The van der Waals surface area contributed by atoms with Crippen LogP contribution in [0.2, 0.25) is 5.02 Å². The van der Waals surface area contributed by atoms with Crippen LogP contribution in [0.15, 0.2) is 30.3 Å². The standard InChI is InChI=1S/C22H29ClN4O2/c1-22(2,3)19-12-18(25-26-19)13-24-21(29)16-6-9-20(28)27(14-16)11-10-15-4-7-17(23)8-5-15/h4-5,7-8,12,16H,6,9-11,13-14H2,1-3H3,(H,24,29)(H,25,26)/t16-/m0/s1. The largest absolute Gasteiger partial charge is 0.350 e. The van der Waals surface area contributed by atoms with Gasteiger partial charge in [-0.1, -0.05) is 44.5 Å². The van der Waals surface area contributed by atoms with Gasteiger partial charge in [0.05, 0.1) is 23.9 Å². The number of amides is 2. The van der Waals surface area contributed by atoms with Gasteiger partial charge in [0.15, 0.2) is 0 Å². The van der Waals surface area contributed by atoms with E-state index >= 15 is 0 Å². The van der Waals surface area contributed by atoms with Gasteiger partial charge in [-0.3, -0.25) is 14.7 Å². The maximum atomic E-state index is 12.6. The van der Waals surface area contributed by atoms with Crippen molar-refractivity contribution in [3.8, 4) is 0 Å². The van der Waals surface area contributed by atoms with Crippen molar-refractivity contribution in [2.24, 2.45) is 5.92 Å². The minimum atomic E-state index is -0.178. The van der Waals surface area contributed by atoms with E-state index in [-0.39, 0.29) is 23.1 Å². The molecule has 1 fully saturated rings. The van der Waals surface area contributed by atoms with Gasteiger partial charge in [0.1, 0.15) is 0 Å². The second-order valence-electron chi connectivity index (χ2n) is 8.70. The van der Waals surface area contributed by atoms with Crippen molar-refractivity contribution < 1.29 is 9.59 Å². The maximum Gasteiger partial charge on any atom is 0.225 e. The smallest absolute Gasteiger partial charge is 0.225 e. The minimum absolute atomic E-state index is 0.0131. The Labute approximate surface area is 177 Å². The van der Waals surface area contributed by atoms with E-state index in [1.807, 2.05) is 30.3 Å². The molecule has 3 rings (SSSR count). The van der Waals surface area contributed by atoms with Gasteiger partial charge >= 0.3 is 0 Å². The number of hydrogen-bond acceptors (Lipinski definition) is 3. The molecule has 2 N–H and O–H groups in total. The number of H-pyrrole nitrogens is 1. The highest BCUT2D eigenvalue weighted by Gasteiger charge is 2.30. The fraction of sp³-hybridized carbons (Fsp3) is 0.500. The van der Waals surface area contributed by atoms with Gasteiger partial charge in [0, 0.05) is 29.9 Å². The van der Waals surface area contributed by atoms with Gasteiger partial charge in [0.25, 0.3) is 0 Å². The van der Waals surface area contributed by atoms with Crippen molar-refractivity contribution in [1.82, 2.24) is 20.4 Å². The van der Waals surface area contributed by atoms with E-state index in [1.165, 1.54) is 0 Å². The van der Waals surface area contributed by atoms with Crippen LogP contribution in [0.1, 0.15) is 50.6 Å². The Morgan fingerprint density at radius 2 is 2.03 bits per heavy atom. The molecule has 0 radical (unpaired) electrons. The third-order valence-electron chi connectivity index (χ3n) is 5.31. The molecule has 6 nitrogen and oxygen atoms in total. The summed E-state index contributed by atoms with van der Waals surface area (Å²) in [6.07, 6.45) is 1.76. The number of carbonyl (C=O) groups excluding carboxylic acids is 2. The summed E-state index contributed by atoms with van der Waals surface area (Å²) in [6, 6.07) is 9.63. The summed E-state index contributed by atoms with van der Waals surface area (Å²) in [7, 11) is 0. The van der Waals surface area contributed by atoms with E-state index in [0.717, 1.165) is 23.4 Å². The summed E-state index contributed by atoms with van der Waals surface area (Å²) in [4.78, 5) is 26.7. The number of hydrogen-bond donors (Lipinski definition) is 2. The molecule has 1 atom stereocenters. The van der Waals surface area contributed by atoms with Crippen LogP contribution in [0, 0.1) is 5.92 Å². The van der Waals surface area contributed by atoms with Crippen LogP contribution < -0.4 is 5.32 Å². The number of rotatable bonds is 6. The predicted octanol–water partition coefficient (Wildman–Crippen LogP) is 3.46. The van der Waals surface area contributed by atoms with E-state index in [1.54, 1.807) is 4.90 Å². The first-order valence-corrected chi connectivity index (χ1v) is 10.4. The van der Waals surface area contributed by atoms with Gasteiger partial charge in [-0.05, 0) is 36.6 Å². The van der Waals surface area contributed by atoms with Gasteiger partial charge in [-0.15, -0.1) is 0 Å². The summed E-state index contributed by atoms with van der Waals surface area (Å²) in [6.45, 7) is 7.79. The molecular weight excluding hydrogens is 388 g/mol. The normalized spacial score (nSPS) is 17.4. The second kappa shape index (κ2) is 8.99. The first-order valence-electron chi connectivity index (χ1n) is 10.1. The Bertz CT molecular complexity index is 854. The zero-order valence-electron chi connectivity index (χ0n) is 17.3. The molecule has 0 spiro atoms. The van der Waals surface area contributed by atoms with E-state index in [0.29, 0.717) is 37.5 Å². The predicted molar refractivity (Wildman–Crippen MR) is 114 cm³/mol. The molecule has 156 valence electrons. The first kappa shape index (κ1) is 21.4. The van der Waals surface area contributed by atoms with Crippen LogP contribution in [-0.2, 0) is 28.0 Å². The fourth-order valence-electron chi connectivity index (χ4n) is 3.42. The molecule has 0 aliphatic carbocycles. The second-order valence-corrected chi connectivity index (χ2v) is 9.13. The van der Waals surface area contributed by atoms with Crippen molar-refractivity contribution in [2.45, 2.75) is 52.0 Å². The molecule has 2 aromatic rings. The Kier molecular flexibility index (Phi) is 6.63. The third-order valence-corrected chi connectivity index (χ3v) is 5.56. The van der Waals surface area contributed by atoms with Gasteiger partial charge < -0.3 is 10.2 Å². The molecule has 2 amide bonds. The van der Waals surface area contributed by atoms with Crippen molar-refractivity contribution >= 4 is 23.4 Å². The van der Waals surface area contributed by atoms with Crippen LogP contribution in [0.5, 0.6) is 0 Å². The topological polar surface area (TPSA) is 78.1 Å². The summed E-state index contributed by atoms with van der Waals surface area (Å²) in [5, 5.41) is 11.0. The van der Waals surface area contributed by atoms with Crippen LogP contribution >= 0.6 is 11.6 Å². The van der Waals surface area contributed by atoms with Crippen LogP contribution in [0.25, 0.3) is 0 Å². The molecule has 7 heteroatoms. The zero-order valence-corrected chi connectivity index (χ0v) is 18.1. The average molecular weight is 417 g/mol. The highest BCUT2D eigenvalue weighted by molar-refractivity contribution is 6.30. The lowest BCUT2D eigenvalue weighted by atomic mass is 9.92. The lowest BCUT2D eigenvalue weighted by molar-refractivity contribution is -0.138. The third kappa shape index (κ3) is 5.82. The first-order chi connectivity index (χ1) is 13.7. The van der Waals surface area contributed by atoms with E-state index in [9.17, 15) is 9.59 Å². The molecule has 1 saturated heterocycles. The fourth-order valence-corrected chi connectivity index (χ4v) is 3.55. The van der Waals surface area contributed by atoms with Crippen LogP contribution in [-0.4, -0.2) is 40.0 Å². The minimum Gasteiger partial charge on any atom is -0.350 e. The number of likely N-dealkylation sites (tertiary alicyclic amines) is 1. The van der Waals surface area contributed by atoms with Crippen molar-refractivity contribution in [3.05, 3.63) is 52.3 Å². The molecule has 1 aromatic heterocycles. The summed E-state index contributed by atoms with van der Waals surface area (Å²) < 4.78 is 0. The SMILES string of the molecule is CC(C)(C)c1cc(CNC(=O)[C@H]2CCC(=O)N(CCc3ccc(Cl)cc3)C2)[nH]n1. The molecule has 0 saturated carbocycles. The Balaban J connectivity index is 1.51. The maximum absolute atomic E-state index is 12.6. The zero-order chi connectivity index (χ0) is 21.0. The highest BCUT2D eigenvalue weighted by Crippen LogP contribution is 2.21. The van der Waals surface area contributed by atoms with Crippen molar-refractivity contribution in [2.75, 3.05) is 13.1 Å². The Hall–Kier alpha value is -2.34. The number of benzene rings is 1. The molecule has 1 aliphatic heterocycles. The Morgan fingerprint density at radius 1 is 1.31 bits per heavy atom. The lowest BCUT2D eigenvalue weighted by Crippen LogP contribution is -2.46. The molecule has 1 aromatic carbocycles. The molecular formula is C22H29ClN4O2. The summed E-state index contributed by atoms with van der Waals surface area (Å²) >= 11 is 5.92. The number of nitrogens with one attached hydrogen (secondary N) is 2. The number of carbonyl (C=O) groups is 2. The van der Waals surface area contributed by atoms with Crippen LogP contribution in [0.4, 0.5) is 0 Å². The lowest BCUT2D eigenvalue weighted by Gasteiger charge is -2.32. The number of piperidine rings is 1. The monoisotopic (exact) mass is 416 g/mol. The molecule has 2 heterocycles. The quantitative estimate of drug-likeness (QED) is 0.756. The number of aromatic nitrogens is 2. The summed E-state index contributed by atoms with van der Waals surface area (Å²) in [5.41, 5.74) is 2.95. The van der Waals surface area contributed by atoms with Crippen LogP contribution in [0.3, 0.4) is 0 Å². The van der Waals surface area contributed by atoms with Crippen molar-refractivity contribution in [3.63, 3.8) is 0 Å². The summed E-state index contributed by atoms with van der Waals surface area (Å²) in [5.74, 6) is -0.0739. The van der Waals surface area contributed by atoms with E-state index in [4.69, 9.17) is 11.6 Å². The van der Waals surface area contributed by atoms with Gasteiger partial charge in [0.2, 0.25) is 11.8 Å². The van der Waals surface area contributed by atoms with E-state index < -0.39 is 0 Å². The molecule has 1 aliphatic rings. The number of halogens is 1.